The largest absolute Gasteiger partial charge is 0.342 e. The molecule has 2 aliphatic rings. The molecule has 2 atom stereocenters. The fourth-order valence-corrected chi connectivity index (χ4v) is 4.31. The molecule has 1 fully saturated rings. The Balaban J connectivity index is 1.76. The lowest BCUT2D eigenvalue weighted by molar-refractivity contribution is -0.134. The van der Waals surface area contributed by atoms with E-state index in [0.29, 0.717) is 0 Å². The molecule has 112 valence electrons. The average molecular weight is 326 g/mol. The predicted molar refractivity (Wildman–Crippen MR) is 85.5 cm³/mol. The van der Waals surface area contributed by atoms with Crippen LogP contribution in [0.1, 0.15) is 24.8 Å². The average Bonchev–Trinajstić information content (AvgIpc) is 2.90. The van der Waals surface area contributed by atoms with E-state index in [1.165, 1.54) is 30.3 Å². The van der Waals surface area contributed by atoms with Gasteiger partial charge < -0.3 is 4.90 Å². The molecule has 0 bridgehead atoms. The van der Waals surface area contributed by atoms with Gasteiger partial charge >= 0.3 is 0 Å². The predicted octanol–water partition coefficient (Wildman–Crippen LogP) is 4.11. The summed E-state index contributed by atoms with van der Waals surface area (Å²) in [6.45, 7) is 1.67. The molecule has 5 heteroatoms. The van der Waals surface area contributed by atoms with Gasteiger partial charge in [-0.25, -0.2) is 4.39 Å². The summed E-state index contributed by atoms with van der Waals surface area (Å²) in [7, 11) is 0. The van der Waals surface area contributed by atoms with Gasteiger partial charge in [-0.1, -0.05) is 18.2 Å². The molecular weight excluding hydrogens is 309 g/mol. The minimum atomic E-state index is -0.283. The standard InChI is InChI=1S/C16H17ClFNOS/c17-15-13(16(20)19-8-2-1-3-9-19)10-14(21-15)11-4-6-12(18)7-5-11/h4-7,10,13,15H,1-3,8-9H2. The molecule has 1 aromatic rings. The second-order valence-corrected chi connectivity index (χ2v) is 7.33. The molecule has 0 radical (unpaired) electrons. The van der Waals surface area contributed by atoms with Crippen molar-refractivity contribution in [3.8, 4) is 0 Å². The Morgan fingerprint density at radius 2 is 1.86 bits per heavy atom. The zero-order chi connectivity index (χ0) is 14.8. The molecule has 2 nitrogen and oxygen atoms in total. The van der Waals surface area contributed by atoms with Crippen LogP contribution in [0.4, 0.5) is 4.39 Å². The van der Waals surface area contributed by atoms with Crippen LogP contribution in [0.25, 0.3) is 4.91 Å². The molecule has 1 saturated heterocycles. The van der Waals surface area contributed by atoms with Gasteiger partial charge in [-0.15, -0.1) is 23.4 Å². The van der Waals surface area contributed by atoms with Crippen LogP contribution in [-0.2, 0) is 4.79 Å². The zero-order valence-electron chi connectivity index (χ0n) is 11.6. The van der Waals surface area contributed by atoms with Crippen LogP contribution < -0.4 is 0 Å². The van der Waals surface area contributed by atoms with Crippen molar-refractivity contribution >= 4 is 34.2 Å². The highest BCUT2D eigenvalue weighted by atomic mass is 35.5. The maximum Gasteiger partial charge on any atom is 0.231 e. The minimum Gasteiger partial charge on any atom is -0.342 e. The van der Waals surface area contributed by atoms with Crippen molar-refractivity contribution in [2.75, 3.05) is 13.1 Å². The second kappa shape index (κ2) is 6.41. The molecule has 3 rings (SSSR count). The SMILES string of the molecule is O=C(C1C=C(c2ccc(F)cc2)SC1Cl)N1CCCCC1. The minimum absolute atomic E-state index is 0.124. The van der Waals surface area contributed by atoms with Gasteiger partial charge in [-0.2, -0.15) is 0 Å². The molecule has 0 N–H and O–H groups in total. The number of benzene rings is 1. The summed E-state index contributed by atoms with van der Waals surface area (Å²) >= 11 is 7.84. The highest BCUT2D eigenvalue weighted by Crippen LogP contribution is 2.45. The number of carbonyl (C=O) groups excluding carboxylic acids is 1. The summed E-state index contributed by atoms with van der Waals surface area (Å²) in [6, 6.07) is 6.32. The molecule has 21 heavy (non-hydrogen) atoms. The van der Waals surface area contributed by atoms with Crippen molar-refractivity contribution < 1.29 is 9.18 Å². The summed E-state index contributed by atoms with van der Waals surface area (Å²) < 4.78 is 12.7. The Kier molecular flexibility index (Phi) is 4.55. The topological polar surface area (TPSA) is 20.3 Å². The van der Waals surface area contributed by atoms with Crippen molar-refractivity contribution in [3.05, 3.63) is 41.7 Å². The normalized spacial score (nSPS) is 25.8. The molecule has 1 aromatic carbocycles. The van der Waals surface area contributed by atoms with E-state index < -0.39 is 0 Å². The molecule has 2 aliphatic heterocycles. The molecule has 2 heterocycles. The molecule has 0 aliphatic carbocycles. The van der Waals surface area contributed by atoms with Gasteiger partial charge in [0, 0.05) is 18.0 Å². The maximum atomic E-state index is 13.0. The lowest BCUT2D eigenvalue weighted by Gasteiger charge is -2.29. The number of likely N-dealkylation sites (tertiary alicyclic amines) is 1. The number of piperidine rings is 1. The van der Waals surface area contributed by atoms with Gasteiger partial charge in [-0.3, -0.25) is 4.79 Å². The molecule has 0 spiro atoms. The van der Waals surface area contributed by atoms with Crippen LogP contribution >= 0.6 is 23.4 Å². The monoisotopic (exact) mass is 325 g/mol. The third kappa shape index (κ3) is 3.27. The highest BCUT2D eigenvalue weighted by molar-refractivity contribution is 8.10. The van der Waals surface area contributed by atoms with Gasteiger partial charge in [0.15, 0.2) is 0 Å². The Labute approximate surface area is 133 Å². The van der Waals surface area contributed by atoms with Crippen molar-refractivity contribution in [1.82, 2.24) is 4.90 Å². The Bertz CT molecular complexity index is 554. The Morgan fingerprint density at radius 1 is 1.19 bits per heavy atom. The highest BCUT2D eigenvalue weighted by Gasteiger charge is 2.35. The van der Waals surface area contributed by atoms with E-state index in [1.807, 2.05) is 11.0 Å². The van der Waals surface area contributed by atoms with Crippen molar-refractivity contribution in [2.24, 2.45) is 5.92 Å². The van der Waals surface area contributed by atoms with Crippen LogP contribution in [-0.4, -0.2) is 28.6 Å². The van der Waals surface area contributed by atoms with E-state index in [1.54, 1.807) is 12.1 Å². The van der Waals surface area contributed by atoms with Crippen molar-refractivity contribution in [3.63, 3.8) is 0 Å². The van der Waals surface area contributed by atoms with Gasteiger partial charge in [0.05, 0.1) is 10.6 Å². The number of carbonyl (C=O) groups is 1. The van der Waals surface area contributed by atoms with Crippen LogP contribution in [0, 0.1) is 11.7 Å². The molecule has 2 unspecified atom stereocenters. The summed E-state index contributed by atoms with van der Waals surface area (Å²) in [5, 5.41) is 0. The molecular formula is C16H17ClFNOS. The number of amides is 1. The first-order valence-corrected chi connectivity index (χ1v) is 8.54. The second-order valence-electron chi connectivity index (χ2n) is 5.42. The van der Waals surface area contributed by atoms with E-state index in [0.717, 1.165) is 36.4 Å². The molecule has 0 saturated carbocycles. The third-order valence-electron chi connectivity index (χ3n) is 3.93. The van der Waals surface area contributed by atoms with E-state index in [4.69, 9.17) is 11.6 Å². The lowest BCUT2D eigenvalue weighted by Crippen LogP contribution is -2.40. The smallest absolute Gasteiger partial charge is 0.231 e. The third-order valence-corrected chi connectivity index (χ3v) is 5.62. The number of hydrogen-bond acceptors (Lipinski definition) is 2. The summed E-state index contributed by atoms with van der Waals surface area (Å²) in [4.78, 5) is 15.5. The molecule has 1 amide bonds. The number of rotatable bonds is 2. The maximum absolute atomic E-state index is 13.0. The van der Waals surface area contributed by atoms with E-state index in [2.05, 4.69) is 0 Å². The first kappa shape index (κ1) is 14.9. The lowest BCUT2D eigenvalue weighted by atomic mass is 10.0. The quantitative estimate of drug-likeness (QED) is 0.763. The van der Waals surface area contributed by atoms with Crippen molar-refractivity contribution in [1.29, 1.82) is 0 Å². The van der Waals surface area contributed by atoms with E-state index >= 15 is 0 Å². The van der Waals surface area contributed by atoms with Crippen molar-refractivity contribution in [2.45, 2.75) is 24.0 Å². The Morgan fingerprint density at radius 3 is 2.52 bits per heavy atom. The van der Waals surface area contributed by atoms with E-state index in [-0.39, 0.29) is 22.4 Å². The Hall–Kier alpha value is -1.000. The number of thioether (sulfide) groups is 1. The van der Waals surface area contributed by atoms with Crippen LogP contribution in [0.15, 0.2) is 30.3 Å². The number of alkyl halides is 1. The van der Waals surface area contributed by atoms with Crippen LogP contribution in [0.5, 0.6) is 0 Å². The fraction of sp³-hybridized carbons (Fsp3) is 0.438. The van der Waals surface area contributed by atoms with Gasteiger partial charge in [0.1, 0.15) is 5.82 Å². The fourth-order valence-electron chi connectivity index (χ4n) is 2.76. The van der Waals surface area contributed by atoms with Gasteiger partial charge in [-0.05, 0) is 37.0 Å². The summed E-state index contributed by atoms with van der Waals surface area (Å²) in [5.41, 5.74) is 0.918. The first-order valence-electron chi connectivity index (χ1n) is 7.22. The number of hydrogen-bond donors (Lipinski definition) is 0. The number of halogens is 2. The first-order chi connectivity index (χ1) is 10.1. The molecule has 0 aromatic heterocycles. The van der Waals surface area contributed by atoms with Crippen LogP contribution in [0.2, 0.25) is 0 Å². The van der Waals surface area contributed by atoms with Gasteiger partial charge in [0.2, 0.25) is 5.91 Å². The van der Waals surface area contributed by atoms with E-state index in [9.17, 15) is 9.18 Å². The summed E-state index contributed by atoms with van der Waals surface area (Å²) in [5.74, 6) is -0.417. The van der Waals surface area contributed by atoms with Crippen LogP contribution in [0.3, 0.4) is 0 Å². The van der Waals surface area contributed by atoms with Gasteiger partial charge in [0.25, 0.3) is 0 Å². The summed E-state index contributed by atoms with van der Waals surface area (Å²) in [6.07, 6.45) is 5.29. The zero-order valence-corrected chi connectivity index (χ0v) is 13.2. The number of nitrogens with zero attached hydrogens (tertiary/aromatic N) is 1.